The zero-order valence-electron chi connectivity index (χ0n) is 30.8. The van der Waals surface area contributed by atoms with Crippen molar-refractivity contribution in [2.45, 2.75) is 0 Å². The molecule has 0 radical (unpaired) electrons. The van der Waals surface area contributed by atoms with Crippen LogP contribution in [0, 0.1) is 0 Å². The van der Waals surface area contributed by atoms with Crippen LogP contribution in [0.25, 0.3) is 85.1 Å². The molecule has 0 spiro atoms. The molecular formula is C53H34N2S2. The highest BCUT2D eigenvalue weighted by Gasteiger charge is 2.17. The second-order valence-electron chi connectivity index (χ2n) is 14.4. The van der Waals surface area contributed by atoms with Gasteiger partial charge in [0, 0.05) is 42.8 Å². The van der Waals surface area contributed by atoms with E-state index in [1.54, 1.807) is 11.3 Å². The van der Waals surface area contributed by atoms with Gasteiger partial charge in [0.15, 0.2) is 0 Å². The lowest BCUT2D eigenvalue weighted by Gasteiger charge is -2.26. The maximum Gasteiger partial charge on any atom is 0.124 e. The van der Waals surface area contributed by atoms with E-state index in [2.05, 4.69) is 211 Å². The van der Waals surface area contributed by atoms with E-state index >= 15 is 0 Å². The predicted octanol–water partition coefficient (Wildman–Crippen LogP) is 16.0. The van der Waals surface area contributed by atoms with Gasteiger partial charge in [-0.2, -0.15) is 0 Å². The normalized spacial score (nSPS) is 11.5. The van der Waals surface area contributed by atoms with Gasteiger partial charge in [0.1, 0.15) is 5.01 Å². The van der Waals surface area contributed by atoms with Crippen molar-refractivity contribution in [3.05, 3.63) is 206 Å². The molecule has 9 aromatic carbocycles. The van der Waals surface area contributed by atoms with Crippen LogP contribution in [0.5, 0.6) is 0 Å². The topological polar surface area (TPSA) is 16.1 Å². The van der Waals surface area contributed by atoms with Gasteiger partial charge in [-0.3, -0.25) is 0 Å². The van der Waals surface area contributed by atoms with Crippen molar-refractivity contribution in [1.29, 1.82) is 0 Å². The molecule has 57 heavy (non-hydrogen) atoms. The number of fused-ring (bicyclic) bond motifs is 6. The summed E-state index contributed by atoms with van der Waals surface area (Å²) >= 11 is 3.65. The number of anilines is 3. The van der Waals surface area contributed by atoms with Crippen LogP contribution in [0.3, 0.4) is 0 Å². The third-order valence-corrected chi connectivity index (χ3v) is 13.1. The first-order valence-electron chi connectivity index (χ1n) is 19.2. The third kappa shape index (κ3) is 6.16. The molecule has 0 amide bonds. The van der Waals surface area contributed by atoms with Gasteiger partial charge < -0.3 is 4.90 Å². The van der Waals surface area contributed by atoms with Gasteiger partial charge in [0.2, 0.25) is 0 Å². The van der Waals surface area contributed by atoms with Gasteiger partial charge in [-0.1, -0.05) is 146 Å². The molecule has 0 fully saturated rings. The van der Waals surface area contributed by atoms with Crippen molar-refractivity contribution >= 4 is 80.9 Å². The van der Waals surface area contributed by atoms with Crippen molar-refractivity contribution < 1.29 is 0 Å². The summed E-state index contributed by atoms with van der Waals surface area (Å²) in [5.41, 5.74) is 12.7. The summed E-state index contributed by atoms with van der Waals surface area (Å²) in [7, 11) is 0. The van der Waals surface area contributed by atoms with E-state index in [1.165, 1.54) is 69.0 Å². The van der Waals surface area contributed by atoms with E-state index in [4.69, 9.17) is 4.98 Å². The van der Waals surface area contributed by atoms with Gasteiger partial charge in [-0.25, -0.2) is 4.98 Å². The van der Waals surface area contributed by atoms with Crippen molar-refractivity contribution in [1.82, 2.24) is 4.98 Å². The maximum absolute atomic E-state index is 5.02. The molecule has 4 heteroatoms. The van der Waals surface area contributed by atoms with Gasteiger partial charge in [0.25, 0.3) is 0 Å². The van der Waals surface area contributed by atoms with Crippen molar-refractivity contribution in [2.24, 2.45) is 0 Å². The molecule has 2 aromatic heterocycles. The minimum absolute atomic E-state index is 1.06. The Morgan fingerprint density at radius 2 is 0.930 bits per heavy atom. The molecule has 0 unspecified atom stereocenters. The van der Waals surface area contributed by atoms with Crippen LogP contribution >= 0.6 is 22.7 Å². The summed E-state index contributed by atoms with van der Waals surface area (Å²) in [6.07, 6.45) is 0. The van der Waals surface area contributed by atoms with E-state index in [1.807, 2.05) is 11.3 Å². The van der Waals surface area contributed by atoms with E-state index in [9.17, 15) is 0 Å². The first-order valence-corrected chi connectivity index (χ1v) is 20.8. The lowest BCUT2D eigenvalue weighted by Crippen LogP contribution is -2.10. The van der Waals surface area contributed by atoms with Crippen LogP contribution in [0.15, 0.2) is 206 Å². The SMILES string of the molecule is c1ccc(-c2cccc(N(c3ccc(-c4ccc5ccccc5c4)cc3)c3ccc(-c4ccc5c(c4)sc4ccc6nc(-c7ccccc7)sc6c45)cc3)c2)cc1. The van der Waals surface area contributed by atoms with E-state index in [0.717, 1.165) is 33.1 Å². The second kappa shape index (κ2) is 14.0. The molecule has 0 saturated heterocycles. The first kappa shape index (κ1) is 33.5. The summed E-state index contributed by atoms with van der Waals surface area (Å²) in [4.78, 5) is 7.38. The molecule has 0 aliphatic carbocycles. The minimum Gasteiger partial charge on any atom is -0.310 e. The van der Waals surface area contributed by atoms with Gasteiger partial charge in [-0.05, 0) is 105 Å². The van der Waals surface area contributed by atoms with Crippen LogP contribution in [-0.4, -0.2) is 4.98 Å². The summed E-state index contributed by atoms with van der Waals surface area (Å²) in [5.74, 6) is 0. The molecule has 0 bridgehead atoms. The van der Waals surface area contributed by atoms with Crippen LogP contribution in [-0.2, 0) is 0 Å². The fourth-order valence-corrected chi connectivity index (χ4v) is 10.4. The molecule has 268 valence electrons. The molecule has 0 atom stereocenters. The number of hydrogen-bond donors (Lipinski definition) is 0. The van der Waals surface area contributed by atoms with E-state index < -0.39 is 0 Å². The number of benzene rings is 9. The quantitative estimate of drug-likeness (QED) is 0.161. The number of aromatic nitrogens is 1. The Labute approximate surface area is 339 Å². The molecule has 11 aromatic rings. The number of nitrogens with zero attached hydrogens (tertiary/aromatic N) is 2. The maximum atomic E-state index is 5.02. The average molecular weight is 763 g/mol. The largest absolute Gasteiger partial charge is 0.310 e. The average Bonchev–Trinajstić information content (AvgIpc) is 3.89. The Kier molecular flexibility index (Phi) is 8.24. The van der Waals surface area contributed by atoms with Gasteiger partial charge >= 0.3 is 0 Å². The monoisotopic (exact) mass is 762 g/mol. The summed E-state index contributed by atoms with van der Waals surface area (Å²) < 4.78 is 3.85. The van der Waals surface area contributed by atoms with E-state index in [-0.39, 0.29) is 0 Å². The fraction of sp³-hybridized carbons (Fsp3) is 0. The Bertz CT molecular complexity index is 3220. The molecule has 2 nitrogen and oxygen atoms in total. The lowest BCUT2D eigenvalue weighted by atomic mass is 10.00. The van der Waals surface area contributed by atoms with Crippen LogP contribution in [0.2, 0.25) is 0 Å². The highest BCUT2D eigenvalue weighted by molar-refractivity contribution is 7.28. The van der Waals surface area contributed by atoms with Crippen molar-refractivity contribution in [3.63, 3.8) is 0 Å². The zero-order valence-corrected chi connectivity index (χ0v) is 32.5. The molecule has 0 saturated carbocycles. The number of thiophene rings is 1. The highest BCUT2D eigenvalue weighted by Crippen LogP contribution is 2.44. The van der Waals surface area contributed by atoms with Crippen LogP contribution in [0.4, 0.5) is 17.1 Å². The number of hydrogen-bond acceptors (Lipinski definition) is 4. The highest BCUT2D eigenvalue weighted by atomic mass is 32.1. The standard InChI is InChI=1S/C53H34N2S2/c1-3-10-35(11-4-1)41-16-9-17-46(33-41)55(44-25-20-37(21-26-44)42-19-18-36-12-7-8-15-40(36)32-42)45-27-22-38(23-28-45)43-24-29-47-50(34-43)56-49-31-30-48-52(51(47)49)57-53(54-48)39-13-5-2-6-14-39/h1-34H. The molecule has 0 aliphatic heterocycles. The summed E-state index contributed by atoms with van der Waals surface area (Å²) in [6, 6.07) is 74.5. The Balaban J connectivity index is 0.959. The number of rotatable bonds is 7. The summed E-state index contributed by atoms with van der Waals surface area (Å²) in [5, 5.41) is 6.18. The first-order chi connectivity index (χ1) is 28.2. The van der Waals surface area contributed by atoms with Crippen molar-refractivity contribution in [3.8, 4) is 44.0 Å². The van der Waals surface area contributed by atoms with E-state index in [0.29, 0.717) is 0 Å². The molecule has 2 heterocycles. The Hall–Kier alpha value is -6.85. The van der Waals surface area contributed by atoms with Crippen LogP contribution < -0.4 is 4.90 Å². The predicted molar refractivity (Wildman–Crippen MR) is 246 cm³/mol. The second-order valence-corrected chi connectivity index (χ2v) is 16.5. The van der Waals surface area contributed by atoms with Crippen molar-refractivity contribution in [2.75, 3.05) is 4.90 Å². The zero-order chi connectivity index (χ0) is 37.7. The Morgan fingerprint density at radius 1 is 0.351 bits per heavy atom. The lowest BCUT2D eigenvalue weighted by molar-refractivity contribution is 1.28. The summed E-state index contributed by atoms with van der Waals surface area (Å²) in [6.45, 7) is 0. The number of thiazole rings is 1. The van der Waals surface area contributed by atoms with Gasteiger partial charge in [-0.15, -0.1) is 22.7 Å². The minimum atomic E-state index is 1.06. The third-order valence-electron chi connectivity index (χ3n) is 10.9. The molecule has 11 rings (SSSR count). The Morgan fingerprint density at radius 3 is 1.67 bits per heavy atom. The molecule has 0 N–H and O–H groups in total. The van der Waals surface area contributed by atoms with Gasteiger partial charge in [0.05, 0.1) is 10.2 Å². The fourth-order valence-electron chi connectivity index (χ4n) is 8.01. The van der Waals surface area contributed by atoms with Crippen LogP contribution in [0.1, 0.15) is 0 Å². The molecule has 0 aliphatic rings. The molecular weight excluding hydrogens is 729 g/mol. The smallest absolute Gasteiger partial charge is 0.124 e.